The Morgan fingerprint density at radius 3 is 3.07 bits per heavy atom. The third kappa shape index (κ3) is 2.06. The average Bonchev–Trinajstić information content (AvgIpc) is 2.44. The highest BCUT2D eigenvalue weighted by Crippen LogP contribution is 2.16. The Balaban J connectivity index is 2.23. The van der Waals surface area contributed by atoms with Crippen molar-refractivity contribution in [3.8, 4) is 0 Å². The molecule has 1 fully saturated rings. The van der Waals surface area contributed by atoms with Crippen LogP contribution in [0.1, 0.15) is 19.3 Å². The van der Waals surface area contributed by atoms with Gasteiger partial charge < -0.3 is 0 Å². The summed E-state index contributed by atoms with van der Waals surface area (Å²) in [5, 5.41) is 3.50. The summed E-state index contributed by atoms with van der Waals surface area (Å²) >= 11 is 0. The third-order valence-corrected chi connectivity index (χ3v) is 2.52. The van der Waals surface area contributed by atoms with Gasteiger partial charge in [-0.25, -0.2) is 9.97 Å². The molecule has 1 aliphatic heterocycles. The van der Waals surface area contributed by atoms with Crippen LogP contribution in [-0.2, 0) is 4.79 Å². The lowest BCUT2D eigenvalue weighted by Crippen LogP contribution is -2.43. The molecule has 1 aromatic rings. The number of hydrazine groups is 1. The maximum atomic E-state index is 11.6. The second kappa shape index (κ2) is 4.25. The van der Waals surface area contributed by atoms with Gasteiger partial charge in [-0.2, -0.15) is 0 Å². The summed E-state index contributed by atoms with van der Waals surface area (Å²) in [7, 11) is 1.77. The monoisotopic (exact) mass is 205 g/mol. The molecule has 79 valence electrons. The molecule has 0 bridgehead atoms. The molecule has 5 heteroatoms. The molecule has 1 aromatic heterocycles. The lowest BCUT2D eigenvalue weighted by Gasteiger charge is -2.30. The van der Waals surface area contributed by atoms with Gasteiger partial charge in [-0.3, -0.25) is 14.8 Å². The summed E-state index contributed by atoms with van der Waals surface area (Å²) in [6.45, 7) is 0.813. The minimum atomic E-state index is 0.131. The van der Waals surface area contributed by atoms with Crippen LogP contribution in [0.5, 0.6) is 0 Å². The molecular formula is C10H13N4O. The molecule has 2 rings (SSSR count). The van der Waals surface area contributed by atoms with Crippen LogP contribution in [0.15, 0.2) is 12.3 Å². The second-order valence-corrected chi connectivity index (χ2v) is 3.51. The number of rotatable bonds is 1. The standard InChI is InChI=1S/C10H13N4O/c1-13-10(15)4-2-3-7-14(13)9-5-6-11-8-12-9/h5-6H,2-4,7H2,1H3. The minimum absolute atomic E-state index is 0.131. The highest BCUT2D eigenvalue weighted by atomic mass is 16.2. The molecule has 15 heavy (non-hydrogen) atoms. The molecule has 0 atom stereocenters. The number of carbonyl (C=O) groups is 1. The summed E-state index contributed by atoms with van der Waals surface area (Å²) in [5.41, 5.74) is 0. The maximum Gasteiger partial charge on any atom is 0.240 e. The smallest absolute Gasteiger partial charge is 0.240 e. The summed E-state index contributed by atoms with van der Waals surface area (Å²) < 4.78 is 0. The second-order valence-electron chi connectivity index (χ2n) is 3.51. The van der Waals surface area contributed by atoms with Crippen LogP contribution in [0.3, 0.4) is 0 Å². The fourth-order valence-corrected chi connectivity index (χ4v) is 1.65. The summed E-state index contributed by atoms with van der Waals surface area (Å²) in [6, 6.07) is 1.78. The van der Waals surface area contributed by atoms with Crippen molar-refractivity contribution in [2.45, 2.75) is 19.3 Å². The van der Waals surface area contributed by atoms with E-state index in [9.17, 15) is 4.79 Å². The Morgan fingerprint density at radius 2 is 2.33 bits per heavy atom. The van der Waals surface area contributed by atoms with Gasteiger partial charge in [-0.15, -0.1) is 0 Å². The van der Waals surface area contributed by atoms with E-state index in [-0.39, 0.29) is 5.91 Å². The number of aromatic nitrogens is 2. The summed E-state index contributed by atoms with van der Waals surface area (Å²) in [4.78, 5) is 19.4. The Morgan fingerprint density at radius 1 is 1.47 bits per heavy atom. The van der Waals surface area contributed by atoms with Gasteiger partial charge in [-0.05, 0) is 12.8 Å². The molecule has 0 N–H and O–H groups in total. The van der Waals surface area contributed by atoms with Crippen molar-refractivity contribution in [2.75, 3.05) is 18.6 Å². The fourth-order valence-electron chi connectivity index (χ4n) is 1.65. The largest absolute Gasteiger partial charge is 0.273 e. The van der Waals surface area contributed by atoms with E-state index < -0.39 is 0 Å². The van der Waals surface area contributed by atoms with Gasteiger partial charge in [0, 0.05) is 32.3 Å². The van der Waals surface area contributed by atoms with Crippen LogP contribution in [-0.4, -0.2) is 34.5 Å². The number of hydrogen-bond acceptors (Lipinski definition) is 4. The van der Waals surface area contributed by atoms with E-state index in [4.69, 9.17) is 0 Å². The molecule has 5 nitrogen and oxygen atoms in total. The minimum Gasteiger partial charge on any atom is -0.273 e. The first-order valence-electron chi connectivity index (χ1n) is 5.02. The van der Waals surface area contributed by atoms with Gasteiger partial charge in [-0.1, -0.05) is 0 Å². The SMILES string of the molecule is CN1C(=O)CCCCN1c1ccn[c]n1. The summed E-state index contributed by atoms with van der Waals surface area (Å²) in [5.74, 6) is 0.855. The molecule has 1 aliphatic rings. The number of nitrogens with zero attached hydrogens (tertiary/aromatic N) is 4. The van der Waals surface area contributed by atoms with Crippen molar-refractivity contribution < 1.29 is 4.79 Å². The zero-order valence-electron chi connectivity index (χ0n) is 8.68. The Bertz CT molecular complexity index is 341. The number of carbonyl (C=O) groups excluding carboxylic acids is 1. The topological polar surface area (TPSA) is 49.3 Å². The van der Waals surface area contributed by atoms with Crippen molar-refractivity contribution >= 4 is 11.7 Å². The van der Waals surface area contributed by atoms with Crippen LogP contribution in [0.25, 0.3) is 0 Å². The van der Waals surface area contributed by atoms with Crippen LogP contribution in [0, 0.1) is 6.33 Å². The number of amides is 1. The van der Waals surface area contributed by atoms with E-state index in [2.05, 4.69) is 16.3 Å². The summed E-state index contributed by atoms with van der Waals surface area (Å²) in [6.07, 6.45) is 6.72. The lowest BCUT2D eigenvalue weighted by molar-refractivity contribution is -0.129. The van der Waals surface area contributed by atoms with Crippen molar-refractivity contribution in [3.05, 3.63) is 18.6 Å². The van der Waals surface area contributed by atoms with Crippen LogP contribution >= 0.6 is 0 Å². The molecule has 0 saturated carbocycles. The molecule has 0 aliphatic carbocycles. The van der Waals surface area contributed by atoms with Crippen LogP contribution < -0.4 is 5.01 Å². The number of anilines is 1. The molecule has 0 unspecified atom stereocenters. The lowest BCUT2D eigenvalue weighted by atomic mass is 10.2. The van der Waals surface area contributed by atoms with E-state index in [1.165, 1.54) is 0 Å². The first kappa shape index (κ1) is 9.89. The fraction of sp³-hybridized carbons (Fsp3) is 0.500. The van der Waals surface area contributed by atoms with Crippen molar-refractivity contribution in [1.29, 1.82) is 0 Å². The molecular weight excluding hydrogens is 192 g/mol. The molecule has 1 radical (unpaired) electrons. The van der Waals surface area contributed by atoms with E-state index in [0.717, 1.165) is 25.2 Å². The molecule has 1 amide bonds. The molecule has 0 spiro atoms. The molecule has 2 heterocycles. The van der Waals surface area contributed by atoms with Crippen LogP contribution in [0.4, 0.5) is 5.82 Å². The van der Waals surface area contributed by atoms with Gasteiger partial charge in [0.25, 0.3) is 0 Å². The first-order valence-corrected chi connectivity index (χ1v) is 5.02. The van der Waals surface area contributed by atoms with E-state index in [1.807, 2.05) is 5.01 Å². The van der Waals surface area contributed by atoms with Crippen molar-refractivity contribution in [2.24, 2.45) is 0 Å². The van der Waals surface area contributed by atoms with Gasteiger partial charge in [0.1, 0.15) is 0 Å². The van der Waals surface area contributed by atoms with E-state index >= 15 is 0 Å². The Hall–Kier alpha value is -1.65. The van der Waals surface area contributed by atoms with Crippen molar-refractivity contribution in [1.82, 2.24) is 15.0 Å². The number of hydrogen-bond donors (Lipinski definition) is 0. The average molecular weight is 205 g/mol. The predicted octanol–water partition coefficient (Wildman–Crippen LogP) is 0.640. The van der Waals surface area contributed by atoms with Gasteiger partial charge in [0.2, 0.25) is 5.91 Å². The molecule has 1 saturated heterocycles. The first-order chi connectivity index (χ1) is 7.29. The van der Waals surface area contributed by atoms with Gasteiger partial charge in [0.15, 0.2) is 12.1 Å². The highest BCUT2D eigenvalue weighted by molar-refractivity contribution is 5.77. The van der Waals surface area contributed by atoms with Crippen LogP contribution in [0.2, 0.25) is 0 Å². The Labute approximate surface area is 88.7 Å². The third-order valence-electron chi connectivity index (χ3n) is 2.52. The Kier molecular flexibility index (Phi) is 2.80. The zero-order valence-corrected chi connectivity index (χ0v) is 8.68. The van der Waals surface area contributed by atoms with Crippen molar-refractivity contribution in [3.63, 3.8) is 0 Å². The predicted molar refractivity (Wildman–Crippen MR) is 54.8 cm³/mol. The van der Waals surface area contributed by atoms with E-state index in [0.29, 0.717) is 6.42 Å². The van der Waals surface area contributed by atoms with Gasteiger partial charge in [0.05, 0.1) is 0 Å². The quantitative estimate of drug-likeness (QED) is 0.675. The molecule has 0 aromatic carbocycles. The maximum absolute atomic E-state index is 11.6. The highest BCUT2D eigenvalue weighted by Gasteiger charge is 2.21. The van der Waals surface area contributed by atoms with Gasteiger partial charge >= 0.3 is 0 Å². The normalized spacial score (nSPS) is 17.8. The van der Waals surface area contributed by atoms with E-state index in [1.54, 1.807) is 24.3 Å². The zero-order chi connectivity index (χ0) is 10.7.